The molecule has 0 saturated heterocycles. The molecule has 100 valence electrons. The Kier molecular flexibility index (Phi) is 3.16. The van der Waals surface area contributed by atoms with Crippen molar-refractivity contribution < 1.29 is 0 Å². The maximum Gasteiger partial charge on any atom is 0.192 e. The van der Waals surface area contributed by atoms with E-state index in [2.05, 4.69) is 32.0 Å². The first-order valence-corrected chi connectivity index (χ1v) is 6.65. The first kappa shape index (κ1) is 12.1. The number of aromatic nitrogens is 4. The van der Waals surface area contributed by atoms with E-state index in [4.69, 9.17) is 0 Å². The number of nitrogens with one attached hydrogen (secondary N) is 2. The third-order valence-electron chi connectivity index (χ3n) is 3.46. The highest BCUT2D eigenvalue weighted by Gasteiger charge is 2.25. The third kappa shape index (κ3) is 2.08. The van der Waals surface area contributed by atoms with Crippen LogP contribution in [0.15, 0.2) is 23.3 Å². The highest BCUT2D eigenvalue weighted by Crippen LogP contribution is 2.24. The van der Waals surface area contributed by atoms with Gasteiger partial charge in [-0.05, 0) is 6.42 Å². The second-order valence-electron chi connectivity index (χ2n) is 4.75. The van der Waals surface area contributed by atoms with Crippen molar-refractivity contribution in [2.75, 3.05) is 6.54 Å². The van der Waals surface area contributed by atoms with Crippen LogP contribution in [0.1, 0.15) is 31.6 Å². The lowest BCUT2D eigenvalue weighted by atomic mass is 10.1. The molecule has 6 nitrogen and oxygen atoms in total. The summed E-state index contributed by atoms with van der Waals surface area (Å²) in [5.74, 6) is 1.60. The summed E-state index contributed by atoms with van der Waals surface area (Å²) in [6, 6.07) is 1.75. The molecule has 1 unspecified atom stereocenters. The van der Waals surface area contributed by atoms with E-state index >= 15 is 0 Å². The number of nitrogens with zero attached hydrogens (tertiary/aromatic N) is 3. The SMILES string of the molecule is CCCC1NCCn2c(-c3c[nH]ccc3=O)nnc21. The largest absolute Gasteiger partial charge is 0.367 e. The summed E-state index contributed by atoms with van der Waals surface area (Å²) in [5, 5.41) is 11.9. The van der Waals surface area contributed by atoms with Gasteiger partial charge in [-0.1, -0.05) is 13.3 Å². The summed E-state index contributed by atoms with van der Waals surface area (Å²) in [6.07, 6.45) is 5.44. The molecule has 2 aromatic heterocycles. The van der Waals surface area contributed by atoms with E-state index in [-0.39, 0.29) is 11.5 Å². The van der Waals surface area contributed by atoms with Crippen molar-refractivity contribution in [1.82, 2.24) is 25.1 Å². The van der Waals surface area contributed by atoms with E-state index in [1.165, 1.54) is 6.07 Å². The summed E-state index contributed by atoms with van der Waals surface area (Å²) in [5.41, 5.74) is 0.554. The fraction of sp³-hybridized carbons (Fsp3) is 0.462. The summed E-state index contributed by atoms with van der Waals surface area (Å²) < 4.78 is 2.06. The van der Waals surface area contributed by atoms with Crippen LogP contribution in [0, 0.1) is 0 Å². The molecule has 0 fully saturated rings. The van der Waals surface area contributed by atoms with Crippen LogP contribution in [-0.4, -0.2) is 26.3 Å². The van der Waals surface area contributed by atoms with Crippen molar-refractivity contribution in [2.45, 2.75) is 32.4 Å². The Morgan fingerprint density at radius 3 is 3.16 bits per heavy atom. The standard InChI is InChI=1S/C13H17N5O/c1-2-3-10-13-17-16-12(18(13)7-6-15-10)9-8-14-5-4-11(9)19/h4-5,8,10,15H,2-3,6-7H2,1H3,(H,14,19). The van der Waals surface area contributed by atoms with Gasteiger partial charge in [-0.15, -0.1) is 10.2 Å². The number of H-pyrrole nitrogens is 1. The molecule has 1 aliphatic rings. The van der Waals surface area contributed by atoms with Crippen LogP contribution in [0.5, 0.6) is 0 Å². The third-order valence-corrected chi connectivity index (χ3v) is 3.46. The van der Waals surface area contributed by atoms with Gasteiger partial charge in [0.1, 0.15) is 0 Å². The van der Waals surface area contributed by atoms with Crippen LogP contribution >= 0.6 is 0 Å². The Morgan fingerprint density at radius 2 is 2.37 bits per heavy atom. The van der Waals surface area contributed by atoms with Crippen LogP contribution in [0.4, 0.5) is 0 Å². The number of rotatable bonds is 3. The topological polar surface area (TPSA) is 75.6 Å². The van der Waals surface area contributed by atoms with Crippen molar-refractivity contribution in [2.24, 2.45) is 0 Å². The van der Waals surface area contributed by atoms with Gasteiger partial charge >= 0.3 is 0 Å². The number of hydrogen-bond acceptors (Lipinski definition) is 4. The Hall–Kier alpha value is -1.95. The van der Waals surface area contributed by atoms with E-state index in [1.807, 2.05) is 0 Å². The molecule has 2 aromatic rings. The molecular formula is C13H17N5O. The highest BCUT2D eigenvalue weighted by atomic mass is 16.1. The van der Waals surface area contributed by atoms with Crippen LogP contribution < -0.4 is 10.7 Å². The van der Waals surface area contributed by atoms with E-state index in [1.54, 1.807) is 12.4 Å². The second-order valence-corrected chi connectivity index (χ2v) is 4.75. The van der Waals surface area contributed by atoms with Gasteiger partial charge in [0, 0.05) is 31.5 Å². The Morgan fingerprint density at radius 1 is 1.47 bits per heavy atom. The maximum absolute atomic E-state index is 11.9. The molecule has 1 aliphatic heterocycles. The lowest BCUT2D eigenvalue weighted by molar-refractivity contribution is 0.394. The van der Waals surface area contributed by atoms with Crippen molar-refractivity contribution in [3.05, 3.63) is 34.5 Å². The molecule has 3 rings (SSSR count). The molecule has 3 heterocycles. The molecule has 0 radical (unpaired) electrons. The Balaban J connectivity index is 2.06. The van der Waals surface area contributed by atoms with Gasteiger partial charge in [0.2, 0.25) is 0 Å². The zero-order chi connectivity index (χ0) is 13.2. The second kappa shape index (κ2) is 4.97. The molecule has 19 heavy (non-hydrogen) atoms. The van der Waals surface area contributed by atoms with Crippen LogP contribution in [-0.2, 0) is 6.54 Å². The fourth-order valence-corrected chi connectivity index (χ4v) is 2.55. The van der Waals surface area contributed by atoms with Crippen LogP contribution in [0.3, 0.4) is 0 Å². The molecule has 1 atom stereocenters. The van der Waals surface area contributed by atoms with Crippen molar-refractivity contribution >= 4 is 0 Å². The monoisotopic (exact) mass is 259 g/mol. The minimum absolute atomic E-state index is 0.0282. The first-order valence-electron chi connectivity index (χ1n) is 6.65. The molecule has 0 amide bonds. The van der Waals surface area contributed by atoms with Crippen LogP contribution in [0.2, 0.25) is 0 Å². The van der Waals surface area contributed by atoms with Crippen molar-refractivity contribution in [3.63, 3.8) is 0 Å². The molecular weight excluding hydrogens is 242 g/mol. The molecule has 2 N–H and O–H groups in total. The van der Waals surface area contributed by atoms with Gasteiger partial charge in [-0.2, -0.15) is 0 Å². The maximum atomic E-state index is 11.9. The zero-order valence-electron chi connectivity index (χ0n) is 10.9. The van der Waals surface area contributed by atoms with Gasteiger partial charge < -0.3 is 14.9 Å². The van der Waals surface area contributed by atoms with E-state index in [9.17, 15) is 4.79 Å². The molecule has 6 heteroatoms. The molecule has 0 aliphatic carbocycles. The summed E-state index contributed by atoms with van der Waals surface area (Å²) in [6.45, 7) is 3.83. The van der Waals surface area contributed by atoms with E-state index in [0.29, 0.717) is 11.4 Å². The normalized spacial score (nSPS) is 18.3. The average Bonchev–Trinajstić information content (AvgIpc) is 2.85. The van der Waals surface area contributed by atoms with Crippen molar-refractivity contribution in [3.8, 4) is 11.4 Å². The lowest BCUT2D eigenvalue weighted by Crippen LogP contribution is -2.34. The highest BCUT2D eigenvalue weighted by molar-refractivity contribution is 5.53. The van der Waals surface area contributed by atoms with Crippen molar-refractivity contribution in [1.29, 1.82) is 0 Å². The van der Waals surface area contributed by atoms with Crippen LogP contribution in [0.25, 0.3) is 11.4 Å². The van der Waals surface area contributed by atoms with Gasteiger partial charge in [-0.3, -0.25) is 4.79 Å². The summed E-state index contributed by atoms with van der Waals surface area (Å²) in [4.78, 5) is 14.8. The van der Waals surface area contributed by atoms with E-state index in [0.717, 1.165) is 31.8 Å². The lowest BCUT2D eigenvalue weighted by Gasteiger charge is -2.24. The molecule has 0 saturated carbocycles. The minimum Gasteiger partial charge on any atom is -0.367 e. The molecule has 0 spiro atoms. The predicted octanol–water partition coefficient (Wildman–Crippen LogP) is 1.08. The number of fused-ring (bicyclic) bond motifs is 1. The molecule has 0 aromatic carbocycles. The van der Waals surface area contributed by atoms with Gasteiger partial charge in [-0.25, -0.2) is 0 Å². The van der Waals surface area contributed by atoms with Gasteiger partial charge in [0.25, 0.3) is 0 Å². The Bertz CT molecular complexity index is 630. The smallest absolute Gasteiger partial charge is 0.192 e. The number of pyridine rings is 1. The number of hydrogen-bond donors (Lipinski definition) is 2. The van der Waals surface area contributed by atoms with Gasteiger partial charge in [0.15, 0.2) is 17.1 Å². The Labute approximate surface area is 110 Å². The number of aromatic amines is 1. The average molecular weight is 259 g/mol. The zero-order valence-corrected chi connectivity index (χ0v) is 10.9. The summed E-state index contributed by atoms with van der Waals surface area (Å²) in [7, 11) is 0. The van der Waals surface area contributed by atoms with E-state index < -0.39 is 0 Å². The predicted molar refractivity (Wildman–Crippen MR) is 71.7 cm³/mol. The quantitative estimate of drug-likeness (QED) is 0.864. The minimum atomic E-state index is -0.0282. The van der Waals surface area contributed by atoms with Gasteiger partial charge in [0.05, 0.1) is 11.6 Å². The fourth-order valence-electron chi connectivity index (χ4n) is 2.55. The first-order chi connectivity index (χ1) is 9.31. The summed E-state index contributed by atoms with van der Waals surface area (Å²) >= 11 is 0. The molecule has 0 bridgehead atoms.